The van der Waals surface area contributed by atoms with Crippen molar-refractivity contribution in [2.75, 3.05) is 0 Å². The van der Waals surface area contributed by atoms with E-state index in [9.17, 15) is 4.39 Å². The normalized spacial score (nSPS) is 16.8. The van der Waals surface area contributed by atoms with E-state index in [1.54, 1.807) is 0 Å². The van der Waals surface area contributed by atoms with Gasteiger partial charge in [0.2, 0.25) is 0 Å². The molecule has 2 aromatic rings. The topological polar surface area (TPSA) is 12.9 Å². The molecule has 1 atom stereocenters. The number of aromatic nitrogens is 1. The summed E-state index contributed by atoms with van der Waals surface area (Å²) in [7, 11) is 0. The number of benzene rings is 1. The lowest BCUT2D eigenvalue weighted by Crippen LogP contribution is -2.15. The molecular formula is C22H28FN. The van der Waals surface area contributed by atoms with Crippen LogP contribution in [-0.4, -0.2) is 4.98 Å². The minimum atomic E-state index is -0.196. The fourth-order valence-electron chi connectivity index (χ4n) is 3.75. The van der Waals surface area contributed by atoms with Gasteiger partial charge in [-0.05, 0) is 61.1 Å². The van der Waals surface area contributed by atoms with Gasteiger partial charge in [-0.1, -0.05) is 51.5 Å². The summed E-state index contributed by atoms with van der Waals surface area (Å²) in [5.74, 6) is 0.635. The third-order valence-corrected chi connectivity index (χ3v) is 5.22. The summed E-state index contributed by atoms with van der Waals surface area (Å²) < 4.78 is 13.1. The maximum atomic E-state index is 13.1. The summed E-state index contributed by atoms with van der Waals surface area (Å²) in [6, 6.07) is 11.0. The Morgan fingerprint density at radius 2 is 1.79 bits per heavy atom. The number of hydrogen-bond acceptors (Lipinski definition) is 1. The number of pyridine rings is 1. The van der Waals surface area contributed by atoms with Crippen molar-refractivity contribution in [1.29, 1.82) is 0 Å². The average molecular weight is 325 g/mol. The van der Waals surface area contributed by atoms with E-state index < -0.39 is 0 Å². The Kier molecular flexibility index (Phi) is 6.01. The first-order valence-electron chi connectivity index (χ1n) is 9.51. The predicted molar refractivity (Wildman–Crippen MR) is 98.5 cm³/mol. The molecule has 1 aromatic carbocycles. The monoisotopic (exact) mass is 325 g/mol. The molecule has 0 fully saturated rings. The van der Waals surface area contributed by atoms with Crippen molar-refractivity contribution in [3.63, 3.8) is 0 Å². The molecule has 3 rings (SSSR count). The lowest BCUT2D eigenvalue weighted by atomic mass is 9.83. The van der Waals surface area contributed by atoms with E-state index >= 15 is 0 Å². The largest absolute Gasteiger partial charge is 0.253 e. The zero-order chi connectivity index (χ0) is 16.8. The molecule has 0 amide bonds. The van der Waals surface area contributed by atoms with Crippen LogP contribution in [-0.2, 0) is 12.8 Å². The Labute approximate surface area is 145 Å². The Hall–Kier alpha value is -1.70. The van der Waals surface area contributed by atoms with Crippen LogP contribution >= 0.6 is 0 Å². The molecule has 2 heteroatoms. The van der Waals surface area contributed by atoms with Crippen LogP contribution in [0.1, 0.15) is 63.1 Å². The molecule has 1 aliphatic rings. The predicted octanol–water partition coefficient (Wildman–Crippen LogP) is 6.35. The number of rotatable bonds is 7. The van der Waals surface area contributed by atoms with Gasteiger partial charge in [0.25, 0.3) is 0 Å². The van der Waals surface area contributed by atoms with Gasteiger partial charge in [0.1, 0.15) is 5.82 Å². The van der Waals surface area contributed by atoms with Gasteiger partial charge in [-0.15, -0.1) is 0 Å². The fourth-order valence-corrected chi connectivity index (χ4v) is 3.75. The highest BCUT2D eigenvalue weighted by atomic mass is 19.1. The van der Waals surface area contributed by atoms with E-state index in [0.29, 0.717) is 0 Å². The van der Waals surface area contributed by atoms with Gasteiger partial charge in [-0.2, -0.15) is 0 Å². The van der Waals surface area contributed by atoms with Crippen molar-refractivity contribution < 1.29 is 4.39 Å². The first-order valence-corrected chi connectivity index (χ1v) is 9.51. The van der Waals surface area contributed by atoms with Gasteiger partial charge in [0.05, 0.1) is 5.69 Å². The van der Waals surface area contributed by atoms with Crippen LogP contribution in [0, 0.1) is 11.7 Å². The molecular weight excluding hydrogens is 297 g/mol. The molecule has 0 saturated carbocycles. The minimum Gasteiger partial charge on any atom is -0.253 e. The molecule has 0 saturated heterocycles. The zero-order valence-corrected chi connectivity index (χ0v) is 14.7. The Bertz CT molecular complexity index is 648. The van der Waals surface area contributed by atoms with Crippen LogP contribution in [0.4, 0.5) is 4.39 Å². The number of aryl methyl sites for hydroxylation is 1. The van der Waals surface area contributed by atoms with Gasteiger partial charge in [-0.3, -0.25) is 4.98 Å². The van der Waals surface area contributed by atoms with Crippen LogP contribution in [0.3, 0.4) is 0 Å². The van der Waals surface area contributed by atoms with Crippen LogP contribution in [0.25, 0.3) is 11.3 Å². The Morgan fingerprint density at radius 1 is 1.00 bits per heavy atom. The molecule has 0 spiro atoms. The van der Waals surface area contributed by atoms with Gasteiger partial charge in [-0.25, -0.2) is 4.39 Å². The van der Waals surface area contributed by atoms with E-state index in [0.717, 1.165) is 23.6 Å². The van der Waals surface area contributed by atoms with Crippen molar-refractivity contribution >= 4 is 0 Å². The molecule has 24 heavy (non-hydrogen) atoms. The Balaban J connectivity index is 1.59. The maximum Gasteiger partial charge on any atom is 0.123 e. The second kappa shape index (κ2) is 8.41. The van der Waals surface area contributed by atoms with Crippen molar-refractivity contribution in [2.45, 2.75) is 64.7 Å². The van der Waals surface area contributed by atoms with Gasteiger partial charge in [0, 0.05) is 11.3 Å². The standard InChI is InChI=1S/C22H28FN/c1-2-3-4-5-6-7-17-8-14-22-19(16-17)11-15-21(24-22)18-9-12-20(23)13-10-18/h9-13,15,17H,2-8,14,16H2,1H3/t17-/m0/s1. The minimum absolute atomic E-state index is 0.196. The van der Waals surface area contributed by atoms with Crippen molar-refractivity contribution in [3.8, 4) is 11.3 Å². The third-order valence-electron chi connectivity index (χ3n) is 5.22. The van der Waals surface area contributed by atoms with Crippen LogP contribution in [0.15, 0.2) is 36.4 Å². The molecule has 0 unspecified atom stereocenters. The number of fused-ring (bicyclic) bond motifs is 1. The Morgan fingerprint density at radius 3 is 2.58 bits per heavy atom. The molecule has 128 valence electrons. The highest BCUT2D eigenvalue weighted by Crippen LogP contribution is 2.30. The molecule has 1 nitrogen and oxygen atoms in total. The molecule has 1 aromatic heterocycles. The zero-order valence-electron chi connectivity index (χ0n) is 14.7. The van der Waals surface area contributed by atoms with E-state index in [4.69, 9.17) is 4.98 Å². The summed E-state index contributed by atoms with van der Waals surface area (Å²) in [5.41, 5.74) is 4.63. The van der Waals surface area contributed by atoms with Gasteiger partial charge in [0.15, 0.2) is 0 Å². The smallest absolute Gasteiger partial charge is 0.123 e. The summed E-state index contributed by atoms with van der Waals surface area (Å²) >= 11 is 0. The van der Waals surface area contributed by atoms with Crippen molar-refractivity contribution in [2.24, 2.45) is 5.92 Å². The first kappa shape index (κ1) is 17.1. The quantitative estimate of drug-likeness (QED) is 0.540. The SMILES string of the molecule is CCCCCCC[C@H]1CCc2nc(-c3ccc(F)cc3)ccc2C1. The van der Waals surface area contributed by atoms with E-state index in [1.165, 1.54) is 74.8 Å². The molecule has 0 bridgehead atoms. The fraction of sp³-hybridized carbons (Fsp3) is 0.500. The van der Waals surface area contributed by atoms with E-state index in [1.807, 2.05) is 12.1 Å². The molecule has 1 heterocycles. The number of hydrogen-bond donors (Lipinski definition) is 0. The molecule has 0 N–H and O–H groups in total. The summed E-state index contributed by atoms with van der Waals surface area (Å²) in [6.45, 7) is 2.27. The van der Waals surface area contributed by atoms with Gasteiger partial charge < -0.3 is 0 Å². The van der Waals surface area contributed by atoms with Crippen molar-refractivity contribution in [3.05, 3.63) is 53.5 Å². The number of nitrogens with zero attached hydrogens (tertiary/aromatic N) is 1. The molecule has 0 aliphatic heterocycles. The maximum absolute atomic E-state index is 13.1. The third kappa shape index (κ3) is 4.43. The second-order valence-electron chi connectivity index (χ2n) is 7.12. The van der Waals surface area contributed by atoms with E-state index in [-0.39, 0.29) is 5.82 Å². The average Bonchev–Trinajstić information content (AvgIpc) is 2.62. The van der Waals surface area contributed by atoms with Crippen LogP contribution in [0.2, 0.25) is 0 Å². The molecule has 0 radical (unpaired) electrons. The lowest BCUT2D eigenvalue weighted by molar-refractivity contribution is 0.401. The highest BCUT2D eigenvalue weighted by Gasteiger charge is 2.19. The van der Waals surface area contributed by atoms with Crippen molar-refractivity contribution in [1.82, 2.24) is 4.98 Å². The lowest BCUT2D eigenvalue weighted by Gasteiger charge is -2.24. The highest BCUT2D eigenvalue weighted by molar-refractivity contribution is 5.59. The van der Waals surface area contributed by atoms with E-state index in [2.05, 4.69) is 19.1 Å². The summed E-state index contributed by atoms with van der Waals surface area (Å²) in [4.78, 5) is 4.85. The second-order valence-corrected chi connectivity index (χ2v) is 7.12. The summed E-state index contributed by atoms with van der Waals surface area (Å²) in [6.07, 6.45) is 11.7. The summed E-state index contributed by atoms with van der Waals surface area (Å²) in [5, 5.41) is 0. The van der Waals surface area contributed by atoms with Gasteiger partial charge >= 0.3 is 0 Å². The van der Waals surface area contributed by atoms with Crippen LogP contribution in [0.5, 0.6) is 0 Å². The van der Waals surface area contributed by atoms with Crippen LogP contribution < -0.4 is 0 Å². The number of unbranched alkanes of at least 4 members (excludes halogenated alkanes) is 4. The number of halogens is 1. The molecule has 1 aliphatic carbocycles. The first-order chi connectivity index (χ1) is 11.8.